The predicted octanol–water partition coefficient (Wildman–Crippen LogP) is 3.52. The van der Waals surface area contributed by atoms with Gasteiger partial charge in [0.1, 0.15) is 0 Å². The van der Waals surface area contributed by atoms with Crippen LogP contribution in [0.2, 0.25) is 0 Å². The Morgan fingerprint density at radius 2 is 1.85 bits per heavy atom. The molecule has 2 rings (SSSR count). The summed E-state index contributed by atoms with van der Waals surface area (Å²) in [5.74, 6) is 0. The van der Waals surface area contributed by atoms with E-state index in [0.29, 0.717) is 0 Å². The lowest BCUT2D eigenvalue weighted by Gasteiger charge is -2.27. The third-order valence-corrected chi connectivity index (χ3v) is 3.58. The molecule has 0 aliphatic heterocycles. The van der Waals surface area contributed by atoms with E-state index in [2.05, 4.69) is 54.1 Å². The Labute approximate surface area is 121 Å². The van der Waals surface area contributed by atoms with Crippen LogP contribution in [0.1, 0.15) is 37.6 Å². The van der Waals surface area contributed by atoms with Crippen LogP contribution >= 0.6 is 0 Å². The quantitative estimate of drug-likeness (QED) is 0.872. The van der Waals surface area contributed by atoms with Crippen molar-refractivity contribution in [2.75, 3.05) is 11.4 Å². The van der Waals surface area contributed by atoms with Crippen molar-refractivity contribution in [1.82, 2.24) is 4.98 Å². The van der Waals surface area contributed by atoms with Gasteiger partial charge in [0.15, 0.2) is 0 Å². The van der Waals surface area contributed by atoms with E-state index in [4.69, 9.17) is 5.73 Å². The summed E-state index contributed by atoms with van der Waals surface area (Å²) in [7, 11) is 0. The van der Waals surface area contributed by atoms with Gasteiger partial charge in [-0.05, 0) is 37.1 Å². The fourth-order valence-electron chi connectivity index (χ4n) is 2.36. The molecule has 20 heavy (non-hydrogen) atoms. The number of pyridine rings is 1. The highest BCUT2D eigenvalue weighted by atomic mass is 15.1. The molecule has 1 heterocycles. The minimum atomic E-state index is 0.0870. The van der Waals surface area contributed by atoms with Gasteiger partial charge >= 0.3 is 0 Å². The normalized spacial score (nSPS) is 12.2. The predicted molar refractivity (Wildman–Crippen MR) is 84.6 cm³/mol. The first kappa shape index (κ1) is 14.5. The number of hydrogen-bond acceptors (Lipinski definition) is 3. The van der Waals surface area contributed by atoms with Gasteiger partial charge < -0.3 is 10.6 Å². The first-order valence-electron chi connectivity index (χ1n) is 7.25. The number of nitrogens with zero attached hydrogens (tertiary/aromatic N) is 2. The van der Waals surface area contributed by atoms with Crippen LogP contribution in [0.5, 0.6) is 0 Å². The van der Waals surface area contributed by atoms with Crippen LogP contribution in [0.3, 0.4) is 0 Å². The molecule has 1 aromatic carbocycles. The fraction of sp³-hybridized carbons (Fsp3) is 0.353. The molecule has 106 valence electrons. The standard InChI is InChI=1S/C17H23N3/c1-3-16(18)15-10-5-6-11-17(15)20(4-2)13-14-9-7-8-12-19-14/h5-12,16H,3-4,13,18H2,1-2H3/t16-/m1/s1. The minimum Gasteiger partial charge on any atom is -0.366 e. The molecule has 0 aliphatic carbocycles. The Balaban J connectivity index is 2.28. The van der Waals surface area contributed by atoms with E-state index in [1.54, 1.807) is 0 Å². The fourth-order valence-corrected chi connectivity index (χ4v) is 2.36. The van der Waals surface area contributed by atoms with E-state index in [1.165, 1.54) is 11.3 Å². The number of rotatable bonds is 6. The second-order valence-corrected chi connectivity index (χ2v) is 4.91. The Hall–Kier alpha value is -1.87. The van der Waals surface area contributed by atoms with E-state index in [1.807, 2.05) is 18.3 Å². The van der Waals surface area contributed by atoms with Crippen molar-refractivity contribution in [3.63, 3.8) is 0 Å². The largest absolute Gasteiger partial charge is 0.366 e. The highest BCUT2D eigenvalue weighted by Crippen LogP contribution is 2.27. The van der Waals surface area contributed by atoms with Gasteiger partial charge in [0.2, 0.25) is 0 Å². The van der Waals surface area contributed by atoms with E-state index in [-0.39, 0.29) is 6.04 Å². The van der Waals surface area contributed by atoms with E-state index >= 15 is 0 Å². The second kappa shape index (κ2) is 7.06. The van der Waals surface area contributed by atoms with Gasteiger partial charge in [-0.2, -0.15) is 0 Å². The summed E-state index contributed by atoms with van der Waals surface area (Å²) in [6.07, 6.45) is 2.78. The van der Waals surface area contributed by atoms with Gasteiger partial charge in [-0.1, -0.05) is 31.2 Å². The molecule has 0 saturated heterocycles. The molecule has 1 aromatic heterocycles. The maximum atomic E-state index is 6.24. The third-order valence-electron chi connectivity index (χ3n) is 3.58. The highest BCUT2D eigenvalue weighted by molar-refractivity contribution is 5.55. The number of nitrogens with two attached hydrogens (primary N) is 1. The minimum absolute atomic E-state index is 0.0870. The maximum absolute atomic E-state index is 6.24. The number of para-hydroxylation sites is 1. The first-order chi connectivity index (χ1) is 9.76. The zero-order chi connectivity index (χ0) is 14.4. The molecule has 3 nitrogen and oxygen atoms in total. The SMILES string of the molecule is CC[C@@H](N)c1ccccc1N(CC)Cc1ccccn1. The van der Waals surface area contributed by atoms with Gasteiger partial charge in [0.25, 0.3) is 0 Å². The average molecular weight is 269 g/mol. The van der Waals surface area contributed by atoms with Gasteiger partial charge in [0.05, 0.1) is 12.2 Å². The van der Waals surface area contributed by atoms with Crippen molar-refractivity contribution in [1.29, 1.82) is 0 Å². The van der Waals surface area contributed by atoms with Gasteiger partial charge in [-0.25, -0.2) is 0 Å². The van der Waals surface area contributed by atoms with Crippen molar-refractivity contribution in [3.8, 4) is 0 Å². The topological polar surface area (TPSA) is 42.1 Å². The molecule has 0 unspecified atom stereocenters. The molecule has 0 aliphatic rings. The van der Waals surface area contributed by atoms with Crippen molar-refractivity contribution in [2.24, 2.45) is 5.73 Å². The number of aromatic nitrogens is 1. The van der Waals surface area contributed by atoms with Crippen molar-refractivity contribution in [2.45, 2.75) is 32.9 Å². The molecular formula is C17H23N3. The van der Waals surface area contributed by atoms with Crippen LogP contribution in [-0.4, -0.2) is 11.5 Å². The summed E-state index contributed by atoms with van der Waals surface area (Å²) in [6.45, 7) is 6.03. The van der Waals surface area contributed by atoms with E-state index < -0.39 is 0 Å². The molecule has 3 heteroatoms. The summed E-state index contributed by atoms with van der Waals surface area (Å²) >= 11 is 0. The third kappa shape index (κ3) is 3.36. The zero-order valence-electron chi connectivity index (χ0n) is 12.3. The van der Waals surface area contributed by atoms with Gasteiger partial charge in [-0.3, -0.25) is 4.98 Å². The van der Waals surface area contributed by atoms with Crippen LogP contribution in [0.4, 0.5) is 5.69 Å². The molecule has 0 spiro atoms. The number of hydrogen-bond donors (Lipinski definition) is 1. The van der Waals surface area contributed by atoms with Crippen LogP contribution in [0.25, 0.3) is 0 Å². The average Bonchev–Trinajstić information content (AvgIpc) is 2.53. The van der Waals surface area contributed by atoms with Crippen molar-refractivity contribution >= 4 is 5.69 Å². The summed E-state index contributed by atoms with van der Waals surface area (Å²) < 4.78 is 0. The molecule has 1 atom stereocenters. The lowest BCUT2D eigenvalue weighted by molar-refractivity contribution is 0.688. The Bertz CT molecular complexity index is 525. The van der Waals surface area contributed by atoms with Gasteiger partial charge in [0, 0.05) is 24.5 Å². The maximum Gasteiger partial charge on any atom is 0.0602 e. The Morgan fingerprint density at radius 3 is 2.50 bits per heavy atom. The molecule has 0 bridgehead atoms. The monoisotopic (exact) mass is 269 g/mol. The van der Waals surface area contributed by atoms with Crippen LogP contribution < -0.4 is 10.6 Å². The van der Waals surface area contributed by atoms with E-state index in [9.17, 15) is 0 Å². The molecule has 0 radical (unpaired) electrons. The Morgan fingerprint density at radius 1 is 1.10 bits per heavy atom. The summed E-state index contributed by atoms with van der Waals surface area (Å²) in [4.78, 5) is 6.74. The molecular weight excluding hydrogens is 246 g/mol. The lowest BCUT2D eigenvalue weighted by atomic mass is 10.0. The number of benzene rings is 1. The molecule has 2 N–H and O–H groups in total. The lowest BCUT2D eigenvalue weighted by Crippen LogP contribution is -2.25. The highest BCUT2D eigenvalue weighted by Gasteiger charge is 2.14. The summed E-state index contributed by atoms with van der Waals surface area (Å²) in [6, 6.07) is 14.5. The number of anilines is 1. The molecule has 0 amide bonds. The summed E-state index contributed by atoms with van der Waals surface area (Å²) in [5, 5.41) is 0. The first-order valence-corrected chi connectivity index (χ1v) is 7.25. The zero-order valence-corrected chi connectivity index (χ0v) is 12.3. The van der Waals surface area contributed by atoms with Crippen LogP contribution in [-0.2, 0) is 6.54 Å². The van der Waals surface area contributed by atoms with E-state index in [0.717, 1.165) is 25.2 Å². The molecule has 2 aromatic rings. The van der Waals surface area contributed by atoms with Crippen molar-refractivity contribution in [3.05, 3.63) is 59.9 Å². The van der Waals surface area contributed by atoms with Crippen LogP contribution in [0.15, 0.2) is 48.7 Å². The Kier molecular flexibility index (Phi) is 5.13. The second-order valence-electron chi connectivity index (χ2n) is 4.91. The molecule has 0 saturated carbocycles. The van der Waals surface area contributed by atoms with Gasteiger partial charge in [-0.15, -0.1) is 0 Å². The molecule has 0 fully saturated rings. The smallest absolute Gasteiger partial charge is 0.0602 e. The summed E-state index contributed by atoms with van der Waals surface area (Å²) in [5.41, 5.74) is 9.75. The van der Waals surface area contributed by atoms with Crippen molar-refractivity contribution < 1.29 is 0 Å². The van der Waals surface area contributed by atoms with Crippen LogP contribution in [0, 0.1) is 0 Å².